The monoisotopic (exact) mass is 467 g/mol. The summed E-state index contributed by atoms with van der Waals surface area (Å²) in [4.78, 5) is 21.5. The zero-order chi connectivity index (χ0) is 23.2. The number of ether oxygens (including phenoxy) is 1. The van der Waals surface area contributed by atoms with Gasteiger partial charge >= 0.3 is 0 Å². The topological polar surface area (TPSA) is 83.7 Å². The Hall–Kier alpha value is -2.75. The predicted octanol–water partition coefficient (Wildman–Crippen LogP) is 2.75. The Labute approximate surface area is 197 Å². The average Bonchev–Trinajstić information content (AvgIpc) is 3.40. The number of nitrogens with zero attached hydrogens (tertiary/aromatic N) is 5. The molecule has 2 aliphatic heterocycles. The van der Waals surface area contributed by atoms with Crippen molar-refractivity contribution in [3.63, 3.8) is 0 Å². The lowest BCUT2D eigenvalue weighted by Crippen LogP contribution is -2.46. The highest BCUT2D eigenvalue weighted by molar-refractivity contribution is 7.13. The minimum atomic E-state index is -0.902. The smallest absolute Gasteiger partial charge is 0.210 e. The molecule has 1 fully saturated rings. The number of likely N-dealkylation sites (N-methyl/N-ethyl adjacent to an activating group) is 1. The summed E-state index contributed by atoms with van der Waals surface area (Å²) in [6, 6.07) is 8.42. The Kier molecular flexibility index (Phi) is 5.72. The van der Waals surface area contributed by atoms with E-state index in [1.54, 1.807) is 29.9 Å². The van der Waals surface area contributed by atoms with Crippen LogP contribution in [0.5, 0.6) is 5.75 Å². The van der Waals surface area contributed by atoms with Crippen LogP contribution in [0.1, 0.15) is 42.8 Å². The summed E-state index contributed by atoms with van der Waals surface area (Å²) in [5.74, 6) is 1.52. The van der Waals surface area contributed by atoms with E-state index in [9.17, 15) is 9.90 Å². The molecular weight excluding hydrogens is 438 g/mol. The van der Waals surface area contributed by atoms with Gasteiger partial charge in [-0.2, -0.15) is 5.10 Å². The van der Waals surface area contributed by atoms with Gasteiger partial charge in [-0.1, -0.05) is 6.07 Å². The summed E-state index contributed by atoms with van der Waals surface area (Å²) in [5.41, 5.74) is 2.40. The van der Waals surface area contributed by atoms with Crippen LogP contribution in [0.4, 0.5) is 0 Å². The number of hydrogen-bond acceptors (Lipinski definition) is 7. The van der Waals surface area contributed by atoms with Crippen molar-refractivity contribution >= 4 is 17.7 Å². The molecule has 0 spiro atoms. The maximum absolute atomic E-state index is 11.7. The van der Waals surface area contributed by atoms with Crippen LogP contribution < -0.4 is 4.74 Å². The molecule has 3 aromatic rings. The van der Waals surface area contributed by atoms with Crippen LogP contribution in [0.2, 0.25) is 0 Å². The lowest BCUT2D eigenvalue weighted by atomic mass is 9.95. The second kappa shape index (κ2) is 8.55. The molecule has 0 bridgehead atoms. The van der Waals surface area contributed by atoms with Crippen molar-refractivity contribution in [2.24, 2.45) is 0 Å². The first-order valence-corrected chi connectivity index (χ1v) is 12.1. The molecule has 2 unspecified atom stereocenters. The third-order valence-corrected chi connectivity index (χ3v) is 7.33. The van der Waals surface area contributed by atoms with Crippen LogP contribution in [0.25, 0.3) is 10.4 Å². The second-order valence-corrected chi connectivity index (χ2v) is 10.4. The predicted molar refractivity (Wildman–Crippen MR) is 126 cm³/mol. The highest BCUT2D eigenvalue weighted by Gasteiger charge is 2.32. The van der Waals surface area contributed by atoms with Crippen LogP contribution in [-0.4, -0.2) is 75.0 Å². The maximum Gasteiger partial charge on any atom is 0.210 e. The largest absolute Gasteiger partial charge is 0.492 e. The normalized spacial score (nSPS) is 21.2. The highest BCUT2D eigenvalue weighted by Crippen LogP contribution is 2.45. The number of aliphatic hydroxyl groups is 1. The Balaban J connectivity index is 1.53. The molecular formula is C24H29N5O3S. The van der Waals surface area contributed by atoms with E-state index >= 15 is 0 Å². The molecule has 33 heavy (non-hydrogen) atoms. The van der Waals surface area contributed by atoms with E-state index in [0.717, 1.165) is 59.2 Å². The van der Waals surface area contributed by atoms with Gasteiger partial charge in [-0.3, -0.25) is 4.79 Å². The minimum absolute atomic E-state index is 0.0175. The van der Waals surface area contributed by atoms with E-state index < -0.39 is 5.60 Å². The fourth-order valence-corrected chi connectivity index (χ4v) is 5.72. The van der Waals surface area contributed by atoms with Gasteiger partial charge in [0, 0.05) is 30.1 Å². The van der Waals surface area contributed by atoms with Gasteiger partial charge in [0.05, 0.1) is 24.1 Å². The fourth-order valence-electron chi connectivity index (χ4n) is 4.73. The summed E-state index contributed by atoms with van der Waals surface area (Å²) >= 11 is 1.68. The van der Waals surface area contributed by atoms with E-state index in [1.165, 1.54) is 6.33 Å². The number of benzene rings is 1. The van der Waals surface area contributed by atoms with Gasteiger partial charge < -0.3 is 19.6 Å². The molecule has 4 heterocycles. The van der Waals surface area contributed by atoms with Crippen LogP contribution in [0, 0.1) is 0 Å². The Morgan fingerprint density at radius 1 is 1.30 bits per heavy atom. The van der Waals surface area contributed by atoms with E-state index in [1.807, 2.05) is 11.0 Å². The van der Waals surface area contributed by atoms with E-state index in [2.05, 4.69) is 45.6 Å². The molecule has 0 saturated carbocycles. The lowest BCUT2D eigenvalue weighted by Gasteiger charge is -2.38. The zero-order valence-corrected chi connectivity index (χ0v) is 20.0. The highest BCUT2D eigenvalue weighted by atomic mass is 32.1. The molecule has 8 nitrogen and oxygen atoms in total. The standard InChI is InChI=1S/C24H29N5O3S/c1-24(2,31)13-29-23(25-14-26-29)19-12-32-21-5-4-16(10-18(21)22-17(19)6-9-33-22)20-11-27(3)7-8-28(20)15-30/h4-6,9-10,14-15,19-20,31H,7-8,11-13H2,1-3H3. The number of hydrogen-bond donors (Lipinski definition) is 1. The fraction of sp³-hybridized carbons (Fsp3) is 0.458. The summed E-state index contributed by atoms with van der Waals surface area (Å²) in [6.07, 6.45) is 2.50. The Morgan fingerprint density at radius 3 is 2.94 bits per heavy atom. The molecule has 1 N–H and O–H groups in total. The third-order valence-electron chi connectivity index (χ3n) is 6.36. The van der Waals surface area contributed by atoms with Crippen molar-refractivity contribution in [2.75, 3.05) is 33.3 Å². The molecule has 2 atom stereocenters. The number of amides is 1. The van der Waals surface area contributed by atoms with Crippen LogP contribution >= 0.6 is 11.3 Å². The number of carbonyl (C=O) groups excluding carboxylic acids is 1. The van der Waals surface area contributed by atoms with Crippen molar-refractivity contribution in [3.8, 4) is 16.2 Å². The van der Waals surface area contributed by atoms with Crippen molar-refractivity contribution in [1.82, 2.24) is 24.6 Å². The van der Waals surface area contributed by atoms with E-state index in [-0.39, 0.29) is 12.0 Å². The number of rotatable bonds is 5. The molecule has 2 aromatic heterocycles. The number of aromatic nitrogens is 3. The quantitative estimate of drug-likeness (QED) is 0.581. The molecule has 174 valence electrons. The number of piperazine rings is 1. The summed E-state index contributed by atoms with van der Waals surface area (Å²) in [6.45, 7) is 6.73. The molecule has 2 aliphatic rings. The van der Waals surface area contributed by atoms with Gasteiger partial charge in [-0.05, 0) is 55.6 Å². The Morgan fingerprint density at radius 2 is 2.15 bits per heavy atom. The summed E-state index contributed by atoms with van der Waals surface area (Å²) in [5, 5.41) is 16.8. The van der Waals surface area contributed by atoms with Gasteiger partial charge in [0.25, 0.3) is 0 Å². The van der Waals surface area contributed by atoms with Gasteiger partial charge in [0.15, 0.2) is 0 Å². The lowest BCUT2D eigenvalue weighted by molar-refractivity contribution is -0.122. The van der Waals surface area contributed by atoms with Crippen LogP contribution in [0.15, 0.2) is 36.0 Å². The third kappa shape index (κ3) is 4.28. The molecule has 1 saturated heterocycles. The van der Waals surface area contributed by atoms with Gasteiger partial charge in [-0.25, -0.2) is 9.67 Å². The number of carbonyl (C=O) groups is 1. The number of fused-ring (bicyclic) bond motifs is 3. The first-order valence-electron chi connectivity index (χ1n) is 11.2. The van der Waals surface area contributed by atoms with Crippen molar-refractivity contribution in [2.45, 2.75) is 38.0 Å². The second-order valence-electron chi connectivity index (χ2n) is 9.53. The molecule has 1 aromatic carbocycles. The minimum Gasteiger partial charge on any atom is -0.492 e. The maximum atomic E-state index is 11.7. The Bertz CT molecular complexity index is 1150. The average molecular weight is 468 g/mol. The molecule has 5 rings (SSSR count). The van der Waals surface area contributed by atoms with Gasteiger partial charge in [-0.15, -0.1) is 11.3 Å². The van der Waals surface area contributed by atoms with Gasteiger partial charge in [0.2, 0.25) is 6.41 Å². The van der Waals surface area contributed by atoms with Crippen LogP contribution in [0.3, 0.4) is 0 Å². The van der Waals surface area contributed by atoms with E-state index in [4.69, 9.17) is 4.74 Å². The molecule has 9 heteroatoms. The number of thiophene rings is 1. The van der Waals surface area contributed by atoms with Crippen molar-refractivity contribution in [1.29, 1.82) is 0 Å². The first-order chi connectivity index (χ1) is 15.8. The van der Waals surface area contributed by atoms with Gasteiger partial charge in [0.1, 0.15) is 24.5 Å². The van der Waals surface area contributed by atoms with Crippen molar-refractivity contribution in [3.05, 3.63) is 52.9 Å². The molecule has 0 radical (unpaired) electrons. The van der Waals surface area contributed by atoms with Crippen LogP contribution in [-0.2, 0) is 11.3 Å². The summed E-state index contributed by atoms with van der Waals surface area (Å²) < 4.78 is 8.07. The first kappa shape index (κ1) is 22.1. The molecule has 0 aliphatic carbocycles. The molecule has 1 amide bonds. The zero-order valence-electron chi connectivity index (χ0n) is 19.1. The van der Waals surface area contributed by atoms with E-state index in [0.29, 0.717) is 13.2 Å². The summed E-state index contributed by atoms with van der Waals surface area (Å²) in [7, 11) is 2.09. The van der Waals surface area contributed by atoms with Crippen molar-refractivity contribution < 1.29 is 14.6 Å². The SMILES string of the molecule is CN1CCN(C=O)C(c2ccc3c(c2)-c2sccc2C(c2ncnn2CC(C)(C)O)CO3)C1.